The van der Waals surface area contributed by atoms with Crippen LogP contribution in [0.5, 0.6) is 0 Å². The summed E-state index contributed by atoms with van der Waals surface area (Å²) < 4.78 is 5.50. The van der Waals surface area contributed by atoms with Crippen LogP contribution in [-0.2, 0) is 4.74 Å². The molecule has 0 spiro atoms. The molecular formula is C9H20O. The zero-order chi connectivity index (χ0) is 8.20. The van der Waals surface area contributed by atoms with Gasteiger partial charge in [0.1, 0.15) is 0 Å². The Morgan fingerprint density at radius 2 is 1.60 bits per heavy atom. The maximum Gasteiger partial charge on any atom is 0.0696 e. The number of rotatable bonds is 4. The molecule has 0 aromatic heterocycles. The van der Waals surface area contributed by atoms with Crippen molar-refractivity contribution >= 4 is 0 Å². The van der Waals surface area contributed by atoms with Gasteiger partial charge in [0.05, 0.1) is 5.60 Å². The molecule has 62 valence electrons. The minimum Gasteiger partial charge on any atom is -0.378 e. The molecular weight excluding hydrogens is 124 g/mol. The van der Waals surface area contributed by atoms with Crippen LogP contribution in [0.25, 0.3) is 0 Å². The molecule has 0 aliphatic heterocycles. The second-order valence-electron chi connectivity index (χ2n) is 3.13. The van der Waals surface area contributed by atoms with E-state index >= 15 is 0 Å². The molecule has 0 atom stereocenters. The van der Waals surface area contributed by atoms with E-state index in [1.54, 1.807) is 0 Å². The fourth-order valence-electron chi connectivity index (χ4n) is 1.59. The summed E-state index contributed by atoms with van der Waals surface area (Å²) >= 11 is 0. The lowest BCUT2D eigenvalue weighted by Crippen LogP contribution is -2.35. The van der Waals surface area contributed by atoms with Crippen LogP contribution in [-0.4, -0.2) is 12.7 Å². The zero-order valence-electron chi connectivity index (χ0n) is 7.90. The summed E-state index contributed by atoms with van der Waals surface area (Å²) in [6.45, 7) is 8.81. The Morgan fingerprint density at radius 3 is 1.60 bits per heavy atom. The van der Waals surface area contributed by atoms with Gasteiger partial charge in [0.2, 0.25) is 0 Å². The van der Waals surface area contributed by atoms with Crippen molar-refractivity contribution in [1.82, 2.24) is 0 Å². The molecule has 0 aromatic rings. The van der Waals surface area contributed by atoms with Gasteiger partial charge in [-0.3, -0.25) is 0 Å². The molecule has 0 bridgehead atoms. The van der Waals surface area contributed by atoms with Crippen LogP contribution in [0.15, 0.2) is 0 Å². The van der Waals surface area contributed by atoms with Crippen LogP contribution in [0.2, 0.25) is 0 Å². The van der Waals surface area contributed by atoms with Gasteiger partial charge in [0.25, 0.3) is 0 Å². The zero-order valence-corrected chi connectivity index (χ0v) is 7.90. The van der Waals surface area contributed by atoms with Gasteiger partial charge in [0.15, 0.2) is 0 Å². The van der Waals surface area contributed by atoms with E-state index in [0.717, 1.165) is 12.8 Å². The normalized spacial score (nSPS) is 12.6. The maximum absolute atomic E-state index is 5.50. The van der Waals surface area contributed by atoms with Crippen molar-refractivity contribution < 1.29 is 4.74 Å². The molecule has 0 unspecified atom stereocenters. The van der Waals surface area contributed by atoms with Crippen molar-refractivity contribution in [2.24, 2.45) is 5.92 Å². The Labute approximate surface area is 64.8 Å². The minimum atomic E-state index is 0.125. The fraction of sp³-hybridized carbons (Fsp3) is 1.00. The summed E-state index contributed by atoms with van der Waals surface area (Å²) in [6, 6.07) is 0. The predicted molar refractivity (Wildman–Crippen MR) is 45.2 cm³/mol. The molecule has 0 amide bonds. The van der Waals surface area contributed by atoms with Crippen LogP contribution >= 0.6 is 0 Å². The standard InChI is InChI=1S/C9H20O/c1-6-9(7-2,10-5)8(3)4/h8H,6-7H2,1-5H3. The molecule has 1 nitrogen and oxygen atoms in total. The third-order valence-electron chi connectivity index (χ3n) is 2.66. The fourth-order valence-corrected chi connectivity index (χ4v) is 1.59. The molecule has 0 fully saturated rings. The minimum absolute atomic E-state index is 0.125. The largest absolute Gasteiger partial charge is 0.378 e. The first kappa shape index (κ1) is 9.96. The molecule has 0 radical (unpaired) electrons. The lowest BCUT2D eigenvalue weighted by Gasteiger charge is -2.34. The van der Waals surface area contributed by atoms with E-state index in [0.29, 0.717) is 5.92 Å². The maximum atomic E-state index is 5.50. The van der Waals surface area contributed by atoms with Crippen LogP contribution in [0.3, 0.4) is 0 Å². The average Bonchev–Trinajstić information content (AvgIpc) is 1.92. The van der Waals surface area contributed by atoms with E-state index in [1.165, 1.54) is 0 Å². The van der Waals surface area contributed by atoms with Crippen molar-refractivity contribution in [3.8, 4) is 0 Å². The first-order chi connectivity index (χ1) is 4.63. The van der Waals surface area contributed by atoms with Gasteiger partial charge >= 0.3 is 0 Å². The van der Waals surface area contributed by atoms with Gasteiger partial charge in [-0.25, -0.2) is 0 Å². The van der Waals surface area contributed by atoms with E-state index in [4.69, 9.17) is 4.74 Å². The Hall–Kier alpha value is -0.0400. The highest BCUT2D eigenvalue weighted by atomic mass is 16.5. The molecule has 0 aromatic carbocycles. The number of hydrogen-bond donors (Lipinski definition) is 0. The van der Waals surface area contributed by atoms with Gasteiger partial charge in [-0.2, -0.15) is 0 Å². The SMILES string of the molecule is CCC(CC)(OC)C(C)C. The summed E-state index contributed by atoms with van der Waals surface area (Å²) in [4.78, 5) is 0. The molecule has 0 aliphatic rings. The second kappa shape index (κ2) is 3.97. The van der Waals surface area contributed by atoms with E-state index in [2.05, 4.69) is 27.7 Å². The van der Waals surface area contributed by atoms with Gasteiger partial charge in [-0.1, -0.05) is 27.7 Å². The number of methoxy groups -OCH3 is 1. The summed E-state index contributed by atoms with van der Waals surface area (Å²) in [5, 5.41) is 0. The third kappa shape index (κ3) is 1.72. The smallest absolute Gasteiger partial charge is 0.0696 e. The van der Waals surface area contributed by atoms with Gasteiger partial charge in [-0.05, 0) is 18.8 Å². The van der Waals surface area contributed by atoms with Crippen LogP contribution in [0, 0.1) is 5.92 Å². The van der Waals surface area contributed by atoms with Crippen LogP contribution < -0.4 is 0 Å². The first-order valence-electron chi connectivity index (χ1n) is 4.18. The quantitative estimate of drug-likeness (QED) is 0.589. The average molecular weight is 144 g/mol. The summed E-state index contributed by atoms with van der Waals surface area (Å²) in [6.07, 6.45) is 2.22. The third-order valence-corrected chi connectivity index (χ3v) is 2.66. The van der Waals surface area contributed by atoms with Crippen molar-refractivity contribution in [2.75, 3.05) is 7.11 Å². The van der Waals surface area contributed by atoms with Crippen molar-refractivity contribution in [3.63, 3.8) is 0 Å². The molecule has 10 heavy (non-hydrogen) atoms. The highest BCUT2D eigenvalue weighted by Crippen LogP contribution is 2.28. The first-order valence-corrected chi connectivity index (χ1v) is 4.18. The molecule has 0 saturated carbocycles. The summed E-state index contributed by atoms with van der Waals surface area (Å²) in [5.41, 5.74) is 0.125. The summed E-state index contributed by atoms with van der Waals surface area (Å²) in [5.74, 6) is 0.618. The van der Waals surface area contributed by atoms with Crippen LogP contribution in [0.4, 0.5) is 0 Å². The Morgan fingerprint density at radius 1 is 1.20 bits per heavy atom. The van der Waals surface area contributed by atoms with Gasteiger partial charge in [-0.15, -0.1) is 0 Å². The molecule has 0 aliphatic carbocycles. The number of hydrogen-bond acceptors (Lipinski definition) is 1. The highest BCUT2D eigenvalue weighted by Gasteiger charge is 2.28. The molecule has 0 saturated heterocycles. The Bertz CT molecular complexity index is 74.5. The van der Waals surface area contributed by atoms with E-state index in [1.807, 2.05) is 7.11 Å². The van der Waals surface area contributed by atoms with Crippen molar-refractivity contribution in [1.29, 1.82) is 0 Å². The van der Waals surface area contributed by atoms with Crippen molar-refractivity contribution in [3.05, 3.63) is 0 Å². The monoisotopic (exact) mass is 144 g/mol. The molecule has 1 heteroatoms. The highest BCUT2D eigenvalue weighted by molar-refractivity contribution is 4.80. The predicted octanol–water partition coefficient (Wildman–Crippen LogP) is 2.85. The second-order valence-corrected chi connectivity index (χ2v) is 3.13. The lowest BCUT2D eigenvalue weighted by atomic mass is 9.85. The molecule has 0 N–H and O–H groups in total. The van der Waals surface area contributed by atoms with E-state index in [9.17, 15) is 0 Å². The van der Waals surface area contributed by atoms with Crippen molar-refractivity contribution in [2.45, 2.75) is 46.1 Å². The van der Waals surface area contributed by atoms with Gasteiger partial charge in [0, 0.05) is 7.11 Å². The molecule has 0 rings (SSSR count). The van der Waals surface area contributed by atoms with E-state index < -0.39 is 0 Å². The summed E-state index contributed by atoms with van der Waals surface area (Å²) in [7, 11) is 1.81. The molecule has 0 heterocycles. The Balaban J connectivity index is 4.15. The van der Waals surface area contributed by atoms with Crippen LogP contribution in [0.1, 0.15) is 40.5 Å². The Kier molecular flexibility index (Phi) is 3.95. The van der Waals surface area contributed by atoms with E-state index in [-0.39, 0.29) is 5.60 Å². The lowest BCUT2D eigenvalue weighted by molar-refractivity contribution is -0.0536. The number of ether oxygens (including phenoxy) is 1. The van der Waals surface area contributed by atoms with Gasteiger partial charge < -0.3 is 4.74 Å². The topological polar surface area (TPSA) is 9.23 Å².